The molecule has 0 bridgehead atoms. The molecule has 0 aliphatic carbocycles. The molecule has 0 amide bonds. The maximum atomic E-state index is 10.6. The predicted molar refractivity (Wildman–Crippen MR) is 54.5 cm³/mol. The monoisotopic (exact) mass is 228 g/mol. The minimum absolute atomic E-state index is 0. The van der Waals surface area contributed by atoms with Crippen LogP contribution in [0.4, 0.5) is 0 Å². The summed E-state index contributed by atoms with van der Waals surface area (Å²) in [7, 11) is 0. The highest BCUT2D eigenvalue weighted by molar-refractivity contribution is 5.85. The molecule has 0 saturated heterocycles. The lowest BCUT2D eigenvalue weighted by molar-refractivity contribution is 0.0684. The Balaban J connectivity index is 0.00000112. The van der Waals surface area contributed by atoms with E-state index in [1.807, 2.05) is 19.9 Å². The highest BCUT2D eigenvalue weighted by atomic mass is 35.5. The van der Waals surface area contributed by atoms with Gasteiger partial charge in [0, 0.05) is 11.4 Å². The normalized spacial score (nSPS) is 10.0. The molecule has 0 spiro atoms. The molecule has 6 nitrogen and oxygen atoms in total. The topological polar surface area (TPSA) is 80.4 Å². The van der Waals surface area contributed by atoms with Crippen LogP contribution in [0.3, 0.4) is 0 Å². The summed E-state index contributed by atoms with van der Waals surface area (Å²) in [6.07, 6.45) is 0. The van der Waals surface area contributed by atoms with Crippen LogP contribution in [-0.2, 0) is 0 Å². The van der Waals surface area contributed by atoms with Crippen LogP contribution in [0.2, 0.25) is 0 Å². The zero-order valence-corrected chi connectivity index (χ0v) is 8.95. The van der Waals surface area contributed by atoms with Crippen molar-refractivity contribution in [3.05, 3.63) is 23.3 Å². The summed E-state index contributed by atoms with van der Waals surface area (Å²) in [5.41, 5.74) is 1.60. The largest absolute Gasteiger partial charge is 0.475 e. The lowest BCUT2D eigenvalue weighted by Gasteiger charge is -1.97. The number of aryl methyl sites for hydroxylation is 2. The van der Waals surface area contributed by atoms with Gasteiger partial charge in [-0.1, -0.05) is 0 Å². The smallest absolute Gasteiger partial charge is 0.375 e. The molecule has 15 heavy (non-hydrogen) atoms. The first kappa shape index (κ1) is 11.4. The molecule has 2 rings (SSSR count). The molecule has 0 unspecified atom stereocenters. The van der Waals surface area contributed by atoms with E-state index in [1.165, 1.54) is 4.52 Å². The molecule has 0 atom stereocenters. The summed E-state index contributed by atoms with van der Waals surface area (Å²) in [5.74, 6) is -1.06. The highest BCUT2D eigenvalue weighted by Gasteiger charge is 2.12. The van der Waals surface area contributed by atoms with Gasteiger partial charge in [-0.15, -0.1) is 17.5 Å². The molecule has 0 saturated carbocycles. The number of fused-ring (bicyclic) bond motifs is 1. The average molecular weight is 229 g/mol. The van der Waals surface area contributed by atoms with Gasteiger partial charge in [-0.25, -0.2) is 14.3 Å². The van der Waals surface area contributed by atoms with Gasteiger partial charge in [-0.2, -0.15) is 4.98 Å². The molecule has 0 aliphatic rings. The van der Waals surface area contributed by atoms with Crippen LogP contribution in [0.5, 0.6) is 0 Å². The fraction of sp³-hybridized carbons (Fsp3) is 0.250. The Labute approximate surface area is 91.4 Å². The van der Waals surface area contributed by atoms with E-state index in [2.05, 4.69) is 15.1 Å². The third-order valence-corrected chi connectivity index (χ3v) is 1.81. The number of rotatable bonds is 1. The number of halogens is 1. The average Bonchev–Trinajstić information content (AvgIpc) is 2.47. The number of carboxylic acid groups (broad SMARTS) is 1. The van der Waals surface area contributed by atoms with Crippen molar-refractivity contribution in [1.82, 2.24) is 19.6 Å². The molecule has 0 fully saturated rings. The van der Waals surface area contributed by atoms with Crippen molar-refractivity contribution >= 4 is 24.2 Å². The van der Waals surface area contributed by atoms with Gasteiger partial charge >= 0.3 is 5.97 Å². The Morgan fingerprint density at radius 3 is 2.67 bits per heavy atom. The minimum atomic E-state index is -1.15. The third-order valence-electron chi connectivity index (χ3n) is 1.81. The van der Waals surface area contributed by atoms with E-state index in [-0.39, 0.29) is 18.2 Å². The first-order chi connectivity index (χ1) is 6.58. The Bertz CT molecular complexity index is 523. The van der Waals surface area contributed by atoms with E-state index in [4.69, 9.17) is 5.11 Å². The first-order valence-corrected chi connectivity index (χ1v) is 4.02. The third kappa shape index (κ3) is 1.89. The van der Waals surface area contributed by atoms with E-state index in [9.17, 15) is 4.79 Å². The number of hydrogen-bond donors (Lipinski definition) is 1. The van der Waals surface area contributed by atoms with Crippen LogP contribution < -0.4 is 0 Å². The van der Waals surface area contributed by atoms with Gasteiger partial charge in [0.2, 0.25) is 0 Å². The Kier molecular flexibility index (Phi) is 2.90. The van der Waals surface area contributed by atoms with Crippen LogP contribution >= 0.6 is 12.4 Å². The van der Waals surface area contributed by atoms with E-state index in [1.54, 1.807) is 0 Å². The van der Waals surface area contributed by atoms with E-state index in [0.717, 1.165) is 11.4 Å². The fourth-order valence-electron chi connectivity index (χ4n) is 1.26. The van der Waals surface area contributed by atoms with Crippen LogP contribution in [0.15, 0.2) is 6.07 Å². The molecule has 0 aromatic carbocycles. The number of aromatic nitrogens is 4. The summed E-state index contributed by atoms with van der Waals surface area (Å²) < 4.78 is 1.41. The van der Waals surface area contributed by atoms with E-state index >= 15 is 0 Å². The van der Waals surface area contributed by atoms with Crippen molar-refractivity contribution in [3.8, 4) is 0 Å². The van der Waals surface area contributed by atoms with Crippen LogP contribution in [0.25, 0.3) is 5.78 Å². The van der Waals surface area contributed by atoms with Crippen LogP contribution in [-0.4, -0.2) is 30.7 Å². The number of carbonyl (C=O) groups is 1. The van der Waals surface area contributed by atoms with Gasteiger partial charge in [-0.3, -0.25) is 0 Å². The first-order valence-electron chi connectivity index (χ1n) is 4.02. The highest BCUT2D eigenvalue weighted by Crippen LogP contribution is 2.04. The standard InChI is InChI=1S/C8H8N4O2.ClH/c1-4-3-5(2)12-8(9-4)10-6(11-12)7(13)14;/h3H,1-2H3,(H,13,14);1H. The van der Waals surface area contributed by atoms with Crippen molar-refractivity contribution in [3.63, 3.8) is 0 Å². The lowest BCUT2D eigenvalue weighted by Crippen LogP contribution is -2.00. The summed E-state index contributed by atoms with van der Waals surface area (Å²) in [6.45, 7) is 3.64. The van der Waals surface area contributed by atoms with Crippen molar-refractivity contribution in [2.24, 2.45) is 0 Å². The van der Waals surface area contributed by atoms with Crippen molar-refractivity contribution in [1.29, 1.82) is 0 Å². The molecule has 2 aromatic rings. The minimum Gasteiger partial charge on any atom is -0.475 e. The molecular formula is C8H9ClN4O2. The molecule has 0 radical (unpaired) electrons. The van der Waals surface area contributed by atoms with Gasteiger partial charge in [0.25, 0.3) is 11.6 Å². The van der Waals surface area contributed by atoms with Crippen LogP contribution in [0.1, 0.15) is 22.0 Å². The molecule has 80 valence electrons. The van der Waals surface area contributed by atoms with Gasteiger partial charge in [0.05, 0.1) is 0 Å². The zero-order chi connectivity index (χ0) is 10.3. The number of carboxylic acids is 1. The second-order valence-corrected chi connectivity index (χ2v) is 2.99. The summed E-state index contributed by atoms with van der Waals surface area (Å²) in [5, 5.41) is 12.5. The molecule has 0 aliphatic heterocycles. The molecular weight excluding hydrogens is 220 g/mol. The second-order valence-electron chi connectivity index (χ2n) is 2.99. The van der Waals surface area contributed by atoms with Crippen molar-refractivity contribution in [2.75, 3.05) is 0 Å². The van der Waals surface area contributed by atoms with E-state index in [0.29, 0.717) is 5.78 Å². The van der Waals surface area contributed by atoms with Crippen molar-refractivity contribution in [2.45, 2.75) is 13.8 Å². The number of nitrogens with zero attached hydrogens (tertiary/aromatic N) is 4. The molecule has 1 N–H and O–H groups in total. The van der Waals surface area contributed by atoms with Gasteiger partial charge in [-0.05, 0) is 19.9 Å². The molecule has 7 heteroatoms. The van der Waals surface area contributed by atoms with Gasteiger partial charge < -0.3 is 5.11 Å². The van der Waals surface area contributed by atoms with Gasteiger partial charge in [0.15, 0.2) is 0 Å². The Morgan fingerprint density at radius 2 is 2.07 bits per heavy atom. The fourth-order valence-corrected chi connectivity index (χ4v) is 1.26. The maximum Gasteiger partial charge on any atom is 0.375 e. The maximum absolute atomic E-state index is 10.6. The second kappa shape index (κ2) is 3.82. The molecule has 2 heterocycles. The lowest BCUT2D eigenvalue weighted by atomic mass is 10.4. The SMILES string of the molecule is Cc1cc(C)n2nc(C(=O)O)nc2n1.Cl. The van der Waals surface area contributed by atoms with Crippen molar-refractivity contribution < 1.29 is 9.90 Å². The Hall–Kier alpha value is -1.69. The number of hydrogen-bond acceptors (Lipinski definition) is 4. The predicted octanol–water partition coefficient (Wildman–Crippen LogP) is 0.861. The number of aromatic carboxylic acids is 1. The zero-order valence-electron chi connectivity index (χ0n) is 8.13. The Morgan fingerprint density at radius 1 is 1.40 bits per heavy atom. The molecule has 2 aromatic heterocycles. The van der Waals surface area contributed by atoms with E-state index < -0.39 is 5.97 Å². The van der Waals surface area contributed by atoms with Gasteiger partial charge in [0.1, 0.15) is 0 Å². The summed E-state index contributed by atoms with van der Waals surface area (Å²) in [4.78, 5) is 18.4. The summed E-state index contributed by atoms with van der Waals surface area (Å²) >= 11 is 0. The quantitative estimate of drug-likeness (QED) is 0.783. The van der Waals surface area contributed by atoms with Crippen LogP contribution in [0, 0.1) is 13.8 Å². The summed E-state index contributed by atoms with van der Waals surface area (Å²) in [6, 6.07) is 1.81.